The Hall–Kier alpha value is -1.35. The molecular weight excluding hydrogens is 214 g/mol. The molecule has 1 aromatic rings. The van der Waals surface area contributed by atoms with Crippen molar-refractivity contribution in [2.75, 3.05) is 19.7 Å². The Balaban J connectivity index is 1.66. The summed E-state index contributed by atoms with van der Waals surface area (Å²) in [5.41, 5.74) is 1.32. The average molecular weight is 231 g/mol. The molecule has 90 valence electrons. The van der Waals surface area contributed by atoms with Gasteiger partial charge in [0.1, 0.15) is 0 Å². The molecule has 0 spiro atoms. The van der Waals surface area contributed by atoms with E-state index in [1.54, 1.807) is 0 Å². The van der Waals surface area contributed by atoms with Gasteiger partial charge in [-0.1, -0.05) is 30.3 Å². The minimum atomic E-state index is 0.0109. The molecule has 2 atom stereocenters. The maximum absolute atomic E-state index is 11.6. The van der Waals surface area contributed by atoms with Gasteiger partial charge in [-0.15, -0.1) is 0 Å². The van der Waals surface area contributed by atoms with E-state index in [-0.39, 0.29) is 11.9 Å². The summed E-state index contributed by atoms with van der Waals surface area (Å²) in [6, 6.07) is 10.4. The van der Waals surface area contributed by atoms with Gasteiger partial charge in [-0.05, 0) is 17.9 Å². The molecule has 2 aliphatic rings. The SMILES string of the molecule is O=C1OCC[C@@H]2CN(Cc3ccccc3)C[C@H]12. The third kappa shape index (κ3) is 2.20. The lowest BCUT2D eigenvalue weighted by molar-refractivity contribution is -0.154. The third-order valence-electron chi connectivity index (χ3n) is 3.80. The lowest BCUT2D eigenvalue weighted by Gasteiger charge is -2.22. The number of nitrogens with zero attached hydrogens (tertiary/aromatic N) is 1. The van der Waals surface area contributed by atoms with Crippen LogP contribution in [0.1, 0.15) is 12.0 Å². The lowest BCUT2D eigenvalue weighted by atomic mass is 9.91. The molecular formula is C14H17NO2. The van der Waals surface area contributed by atoms with Crippen LogP contribution in [0.5, 0.6) is 0 Å². The van der Waals surface area contributed by atoms with Gasteiger partial charge >= 0.3 is 5.97 Å². The summed E-state index contributed by atoms with van der Waals surface area (Å²) in [6.07, 6.45) is 1.03. The molecule has 2 heterocycles. The molecule has 2 saturated heterocycles. The second-order valence-electron chi connectivity index (χ2n) is 5.00. The van der Waals surface area contributed by atoms with Crippen molar-refractivity contribution in [1.29, 1.82) is 0 Å². The van der Waals surface area contributed by atoms with E-state index in [9.17, 15) is 4.79 Å². The number of rotatable bonds is 2. The van der Waals surface area contributed by atoms with E-state index in [1.165, 1.54) is 5.56 Å². The predicted octanol–water partition coefficient (Wildman–Crippen LogP) is 1.68. The number of hydrogen-bond acceptors (Lipinski definition) is 3. The summed E-state index contributed by atoms with van der Waals surface area (Å²) in [5, 5.41) is 0. The quantitative estimate of drug-likeness (QED) is 0.725. The van der Waals surface area contributed by atoms with Crippen LogP contribution in [0.4, 0.5) is 0 Å². The Morgan fingerprint density at radius 1 is 1.24 bits per heavy atom. The van der Waals surface area contributed by atoms with Gasteiger partial charge in [0.15, 0.2) is 0 Å². The molecule has 0 N–H and O–H groups in total. The van der Waals surface area contributed by atoms with Crippen LogP contribution < -0.4 is 0 Å². The first kappa shape index (κ1) is 10.8. The van der Waals surface area contributed by atoms with Crippen LogP contribution in [0.2, 0.25) is 0 Å². The summed E-state index contributed by atoms with van der Waals surface area (Å²) < 4.78 is 5.12. The first-order chi connectivity index (χ1) is 8.33. The van der Waals surface area contributed by atoms with Crippen LogP contribution in [-0.2, 0) is 16.1 Å². The summed E-state index contributed by atoms with van der Waals surface area (Å²) in [6.45, 7) is 3.45. The number of fused-ring (bicyclic) bond motifs is 1. The summed E-state index contributed by atoms with van der Waals surface area (Å²) in [5.74, 6) is 0.643. The Morgan fingerprint density at radius 2 is 2.06 bits per heavy atom. The molecule has 0 aliphatic carbocycles. The largest absolute Gasteiger partial charge is 0.465 e. The minimum Gasteiger partial charge on any atom is -0.465 e. The molecule has 3 nitrogen and oxygen atoms in total. The number of likely N-dealkylation sites (tertiary alicyclic amines) is 1. The number of cyclic esters (lactones) is 1. The van der Waals surface area contributed by atoms with Crippen LogP contribution in [0.25, 0.3) is 0 Å². The zero-order valence-electron chi connectivity index (χ0n) is 9.84. The topological polar surface area (TPSA) is 29.5 Å². The Kier molecular flexibility index (Phi) is 2.85. The summed E-state index contributed by atoms with van der Waals surface area (Å²) >= 11 is 0. The van der Waals surface area contributed by atoms with Crippen molar-refractivity contribution < 1.29 is 9.53 Å². The first-order valence-corrected chi connectivity index (χ1v) is 6.26. The van der Waals surface area contributed by atoms with Crippen LogP contribution in [0.3, 0.4) is 0 Å². The number of esters is 1. The number of carbonyl (C=O) groups excluding carboxylic acids is 1. The Bertz CT molecular complexity index is 404. The highest BCUT2D eigenvalue weighted by Crippen LogP contribution is 2.31. The second-order valence-corrected chi connectivity index (χ2v) is 5.00. The van der Waals surface area contributed by atoms with E-state index >= 15 is 0 Å². The average Bonchev–Trinajstić information content (AvgIpc) is 2.74. The van der Waals surface area contributed by atoms with Gasteiger partial charge < -0.3 is 4.74 Å². The van der Waals surface area contributed by atoms with E-state index < -0.39 is 0 Å². The fourth-order valence-electron chi connectivity index (χ4n) is 2.91. The van der Waals surface area contributed by atoms with Crippen molar-refractivity contribution in [3.63, 3.8) is 0 Å². The minimum absolute atomic E-state index is 0.0109. The van der Waals surface area contributed by atoms with Gasteiger partial charge in [-0.25, -0.2) is 0 Å². The van der Waals surface area contributed by atoms with Gasteiger partial charge in [0.2, 0.25) is 0 Å². The molecule has 0 saturated carbocycles. The van der Waals surface area contributed by atoms with Crippen molar-refractivity contribution in [2.45, 2.75) is 13.0 Å². The van der Waals surface area contributed by atoms with Crippen molar-refractivity contribution in [1.82, 2.24) is 4.90 Å². The molecule has 17 heavy (non-hydrogen) atoms. The molecule has 1 aromatic carbocycles. The molecule has 0 unspecified atom stereocenters. The van der Waals surface area contributed by atoms with Crippen LogP contribution >= 0.6 is 0 Å². The monoisotopic (exact) mass is 231 g/mol. The molecule has 3 heteroatoms. The molecule has 2 aliphatic heterocycles. The van der Waals surface area contributed by atoms with Crippen molar-refractivity contribution in [2.24, 2.45) is 11.8 Å². The molecule has 0 amide bonds. The zero-order valence-corrected chi connectivity index (χ0v) is 9.84. The van der Waals surface area contributed by atoms with E-state index in [0.29, 0.717) is 12.5 Å². The van der Waals surface area contributed by atoms with Crippen LogP contribution in [0.15, 0.2) is 30.3 Å². The predicted molar refractivity (Wildman–Crippen MR) is 64.3 cm³/mol. The van der Waals surface area contributed by atoms with Crippen LogP contribution in [0, 0.1) is 11.8 Å². The normalized spacial score (nSPS) is 28.8. The number of carbonyl (C=O) groups is 1. The highest BCUT2D eigenvalue weighted by molar-refractivity contribution is 5.74. The highest BCUT2D eigenvalue weighted by atomic mass is 16.5. The van der Waals surface area contributed by atoms with Gasteiger partial charge in [0.05, 0.1) is 12.5 Å². The fraction of sp³-hybridized carbons (Fsp3) is 0.500. The van der Waals surface area contributed by atoms with Crippen molar-refractivity contribution in [3.05, 3.63) is 35.9 Å². The summed E-state index contributed by atoms with van der Waals surface area (Å²) in [7, 11) is 0. The molecule has 0 radical (unpaired) electrons. The molecule has 2 fully saturated rings. The van der Waals surface area contributed by atoms with E-state index in [4.69, 9.17) is 4.74 Å². The van der Waals surface area contributed by atoms with Gasteiger partial charge in [0, 0.05) is 19.6 Å². The number of benzene rings is 1. The highest BCUT2D eigenvalue weighted by Gasteiger charge is 2.40. The maximum atomic E-state index is 11.6. The smallest absolute Gasteiger partial charge is 0.310 e. The Morgan fingerprint density at radius 3 is 2.82 bits per heavy atom. The molecule has 0 aromatic heterocycles. The lowest BCUT2D eigenvalue weighted by Crippen LogP contribution is -2.31. The fourth-order valence-corrected chi connectivity index (χ4v) is 2.91. The number of hydrogen-bond donors (Lipinski definition) is 0. The van der Waals surface area contributed by atoms with Gasteiger partial charge in [-0.2, -0.15) is 0 Å². The van der Waals surface area contributed by atoms with E-state index in [1.807, 2.05) is 6.07 Å². The van der Waals surface area contributed by atoms with Crippen molar-refractivity contribution in [3.8, 4) is 0 Å². The number of ether oxygens (including phenoxy) is 1. The van der Waals surface area contributed by atoms with Gasteiger partial charge in [-0.3, -0.25) is 9.69 Å². The summed E-state index contributed by atoms with van der Waals surface area (Å²) in [4.78, 5) is 14.0. The van der Waals surface area contributed by atoms with E-state index in [0.717, 1.165) is 26.1 Å². The van der Waals surface area contributed by atoms with Gasteiger partial charge in [0.25, 0.3) is 0 Å². The second kappa shape index (κ2) is 4.49. The zero-order chi connectivity index (χ0) is 11.7. The first-order valence-electron chi connectivity index (χ1n) is 6.26. The van der Waals surface area contributed by atoms with E-state index in [2.05, 4.69) is 29.2 Å². The maximum Gasteiger partial charge on any atom is 0.310 e. The molecule has 0 bridgehead atoms. The standard InChI is InChI=1S/C14H17NO2/c16-14-13-10-15(9-12(13)6-7-17-14)8-11-4-2-1-3-5-11/h1-5,12-13H,6-10H2/t12-,13+/m1/s1. The third-order valence-corrected chi connectivity index (χ3v) is 3.80. The molecule has 3 rings (SSSR count). The van der Waals surface area contributed by atoms with Crippen molar-refractivity contribution >= 4 is 5.97 Å². The van der Waals surface area contributed by atoms with Crippen LogP contribution in [-0.4, -0.2) is 30.6 Å². The Labute approximate surface area is 101 Å².